The van der Waals surface area contributed by atoms with Crippen molar-refractivity contribution < 1.29 is 5.48 Å². The van der Waals surface area contributed by atoms with Crippen molar-refractivity contribution in [2.24, 2.45) is 5.41 Å². The van der Waals surface area contributed by atoms with Crippen LogP contribution in [-0.4, -0.2) is 18.6 Å². The van der Waals surface area contributed by atoms with Crippen molar-refractivity contribution >= 4 is 0 Å². The van der Waals surface area contributed by atoms with Crippen LogP contribution in [0.25, 0.3) is 0 Å². The summed E-state index contributed by atoms with van der Waals surface area (Å²) in [6, 6.07) is 0. The molecular weight excluding hydrogens is 114 g/mol. The van der Waals surface area contributed by atoms with Gasteiger partial charge < -0.3 is 10.8 Å². The van der Waals surface area contributed by atoms with E-state index in [-0.39, 0.29) is 5.48 Å². The molecule has 0 atom stereocenters. The Kier molecular flexibility index (Phi) is 3.15. The molecule has 0 saturated carbocycles. The fourth-order valence-corrected chi connectivity index (χ4v) is 1.21. The van der Waals surface area contributed by atoms with Crippen molar-refractivity contribution in [2.75, 3.05) is 13.1 Å². The lowest BCUT2D eigenvalue weighted by Crippen LogP contribution is -2.35. The van der Waals surface area contributed by atoms with Gasteiger partial charge in [0, 0.05) is 6.54 Å². The first kappa shape index (κ1) is 8.92. The zero-order chi connectivity index (χ0) is 6.04. The molecule has 56 valence electrons. The number of rotatable bonds is 0. The van der Waals surface area contributed by atoms with Crippen molar-refractivity contribution in [3.8, 4) is 0 Å². The minimum absolute atomic E-state index is 0. The van der Waals surface area contributed by atoms with E-state index in [2.05, 4.69) is 19.2 Å². The van der Waals surface area contributed by atoms with Crippen LogP contribution in [-0.2, 0) is 0 Å². The maximum atomic E-state index is 3.38. The van der Waals surface area contributed by atoms with Crippen molar-refractivity contribution in [3.05, 3.63) is 0 Å². The van der Waals surface area contributed by atoms with Crippen molar-refractivity contribution in [2.45, 2.75) is 26.7 Å². The topological polar surface area (TPSA) is 43.5 Å². The summed E-state index contributed by atoms with van der Waals surface area (Å²) in [4.78, 5) is 0. The normalized spacial score (nSPS) is 24.7. The fraction of sp³-hybridized carbons (Fsp3) is 1.00. The summed E-state index contributed by atoms with van der Waals surface area (Å²) in [5.74, 6) is 0. The maximum absolute atomic E-state index is 3.38. The number of hydrogen-bond donors (Lipinski definition) is 1. The molecule has 0 amide bonds. The van der Waals surface area contributed by atoms with E-state index >= 15 is 0 Å². The number of piperidine rings is 1. The molecule has 2 heteroatoms. The summed E-state index contributed by atoms with van der Waals surface area (Å²) in [5, 5.41) is 3.38. The highest BCUT2D eigenvalue weighted by molar-refractivity contribution is 4.75. The lowest BCUT2D eigenvalue weighted by atomic mass is 9.85. The molecular formula is C7H17NO. The third-order valence-corrected chi connectivity index (χ3v) is 1.81. The van der Waals surface area contributed by atoms with E-state index in [0.717, 1.165) is 0 Å². The van der Waals surface area contributed by atoms with Gasteiger partial charge in [0.1, 0.15) is 0 Å². The summed E-state index contributed by atoms with van der Waals surface area (Å²) in [5.41, 5.74) is 0.568. The Morgan fingerprint density at radius 1 is 1.33 bits per heavy atom. The van der Waals surface area contributed by atoms with E-state index in [1.54, 1.807) is 0 Å². The highest BCUT2D eigenvalue weighted by atomic mass is 16.0. The quantitative estimate of drug-likeness (QED) is 0.513. The molecule has 0 aliphatic carbocycles. The standard InChI is InChI=1S/C7H15N.H2O/c1-7(2)4-3-5-8-6-7;/h8H,3-6H2,1-2H3;1H2. The molecule has 1 saturated heterocycles. The molecule has 0 aromatic carbocycles. The van der Waals surface area contributed by atoms with Gasteiger partial charge in [0.25, 0.3) is 0 Å². The summed E-state index contributed by atoms with van der Waals surface area (Å²) < 4.78 is 0. The van der Waals surface area contributed by atoms with Crippen molar-refractivity contribution in [3.63, 3.8) is 0 Å². The van der Waals surface area contributed by atoms with Crippen LogP contribution in [0.3, 0.4) is 0 Å². The minimum atomic E-state index is 0. The summed E-state index contributed by atoms with van der Waals surface area (Å²) >= 11 is 0. The molecule has 1 rings (SSSR count). The molecule has 9 heavy (non-hydrogen) atoms. The first-order valence-electron chi connectivity index (χ1n) is 3.41. The van der Waals surface area contributed by atoms with E-state index < -0.39 is 0 Å². The maximum Gasteiger partial charge on any atom is 0.000252 e. The third kappa shape index (κ3) is 2.82. The van der Waals surface area contributed by atoms with E-state index in [1.165, 1.54) is 25.9 Å². The molecule has 0 aromatic rings. The van der Waals surface area contributed by atoms with Crippen LogP contribution in [0.5, 0.6) is 0 Å². The van der Waals surface area contributed by atoms with Gasteiger partial charge in [0.15, 0.2) is 0 Å². The Bertz CT molecular complexity index is 73.0. The van der Waals surface area contributed by atoms with Crippen LogP contribution in [0.1, 0.15) is 26.7 Å². The summed E-state index contributed by atoms with van der Waals surface area (Å²) in [6.07, 6.45) is 2.74. The predicted octanol–water partition coefficient (Wildman–Crippen LogP) is 0.571. The van der Waals surface area contributed by atoms with E-state index in [1.807, 2.05) is 0 Å². The van der Waals surface area contributed by atoms with Crippen molar-refractivity contribution in [1.82, 2.24) is 5.32 Å². The largest absolute Gasteiger partial charge is 0.412 e. The van der Waals surface area contributed by atoms with Crippen LogP contribution in [0.4, 0.5) is 0 Å². The van der Waals surface area contributed by atoms with Crippen LogP contribution in [0.2, 0.25) is 0 Å². The zero-order valence-corrected chi connectivity index (χ0v) is 6.33. The fourth-order valence-electron chi connectivity index (χ4n) is 1.21. The zero-order valence-electron chi connectivity index (χ0n) is 6.33. The minimum Gasteiger partial charge on any atom is -0.412 e. The molecule has 0 radical (unpaired) electrons. The molecule has 3 N–H and O–H groups in total. The van der Waals surface area contributed by atoms with Gasteiger partial charge in [-0.15, -0.1) is 0 Å². The molecule has 0 spiro atoms. The molecule has 1 aliphatic heterocycles. The van der Waals surface area contributed by atoms with Crippen LogP contribution >= 0.6 is 0 Å². The summed E-state index contributed by atoms with van der Waals surface area (Å²) in [6.45, 7) is 7.06. The molecule has 1 aliphatic rings. The first-order valence-corrected chi connectivity index (χ1v) is 3.41. The van der Waals surface area contributed by atoms with E-state index in [9.17, 15) is 0 Å². The molecule has 0 unspecified atom stereocenters. The summed E-state index contributed by atoms with van der Waals surface area (Å²) in [7, 11) is 0. The Balaban J connectivity index is 0.000000640. The highest BCUT2D eigenvalue weighted by Gasteiger charge is 2.19. The van der Waals surface area contributed by atoms with Gasteiger partial charge in [-0.25, -0.2) is 0 Å². The van der Waals surface area contributed by atoms with Gasteiger partial charge in [0.2, 0.25) is 0 Å². The lowest BCUT2D eigenvalue weighted by molar-refractivity contribution is 0.265. The molecule has 1 heterocycles. The van der Waals surface area contributed by atoms with Gasteiger partial charge in [-0.1, -0.05) is 13.8 Å². The molecule has 2 nitrogen and oxygen atoms in total. The monoisotopic (exact) mass is 131 g/mol. The number of nitrogens with one attached hydrogen (secondary N) is 1. The van der Waals surface area contributed by atoms with E-state index in [0.29, 0.717) is 5.41 Å². The van der Waals surface area contributed by atoms with Gasteiger partial charge in [-0.3, -0.25) is 0 Å². The Labute approximate surface area is 57.0 Å². The number of hydrogen-bond acceptors (Lipinski definition) is 1. The van der Waals surface area contributed by atoms with Gasteiger partial charge >= 0.3 is 0 Å². The second kappa shape index (κ2) is 3.18. The smallest absolute Gasteiger partial charge is 0.000252 e. The Hall–Kier alpha value is -0.0800. The predicted molar refractivity (Wildman–Crippen MR) is 39.5 cm³/mol. The molecule has 1 fully saturated rings. The third-order valence-electron chi connectivity index (χ3n) is 1.81. The van der Waals surface area contributed by atoms with Gasteiger partial charge in [-0.05, 0) is 24.8 Å². The Morgan fingerprint density at radius 3 is 2.22 bits per heavy atom. The average Bonchev–Trinajstić information content (AvgIpc) is 1.65. The molecule has 0 bridgehead atoms. The first-order chi connectivity index (χ1) is 3.71. The van der Waals surface area contributed by atoms with Crippen LogP contribution in [0, 0.1) is 5.41 Å². The van der Waals surface area contributed by atoms with Crippen molar-refractivity contribution in [1.29, 1.82) is 0 Å². The second-order valence-corrected chi connectivity index (χ2v) is 3.44. The lowest BCUT2D eigenvalue weighted by Gasteiger charge is -2.29. The van der Waals surface area contributed by atoms with Gasteiger partial charge in [0.05, 0.1) is 0 Å². The van der Waals surface area contributed by atoms with Crippen LogP contribution in [0.15, 0.2) is 0 Å². The van der Waals surface area contributed by atoms with Gasteiger partial charge in [-0.2, -0.15) is 0 Å². The molecule has 0 aromatic heterocycles. The second-order valence-electron chi connectivity index (χ2n) is 3.44. The van der Waals surface area contributed by atoms with E-state index in [4.69, 9.17) is 0 Å². The van der Waals surface area contributed by atoms with Crippen LogP contribution < -0.4 is 5.32 Å². The SMILES string of the molecule is CC1(C)CCCNC1.O. The average molecular weight is 131 g/mol. The highest BCUT2D eigenvalue weighted by Crippen LogP contribution is 2.23. The Morgan fingerprint density at radius 2 is 2.00 bits per heavy atom.